The van der Waals surface area contributed by atoms with Crippen LogP contribution in [0.5, 0.6) is 0 Å². The molecule has 1 atom stereocenters. The first-order valence-corrected chi connectivity index (χ1v) is 4.73. The van der Waals surface area contributed by atoms with Crippen LogP contribution in [-0.4, -0.2) is 37.7 Å². The van der Waals surface area contributed by atoms with Crippen molar-refractivity contribution in [3.05, 3.63) is 23.8 Å². The van der Waals surface area contributed by atoms with Gasteiger partial charge in [0.15, 0.2) is 0 Å². The maximum atomic E-state index is 11.8. The van der Waals surface area contributed by atoms with Gasteiger partial charge in [-0.1, -0.05) is 0 Å². The largest absolute Gasteiger partial charge is 0.465 e. The fourth-order valence-electron chi connectivity index (χ4n) is 1.32. The van der Waals surface area contributed by atoms with Crippen molar-refractivity contribution in [1.29, 1.82) is 0 Å². The lowest BCUT2D eigenvalue weighted by Crippen LogP contribution is -2.43. The standard InChI is InChI=1S/C11H12O6/c1-7(12)17-11(16-3)5-4-8(6-9(11)13)10(14)15-2/h4-6H,1-3H3/t11-/m0/s1. The average Bonchev–Trinajstić information content (AvgIpc) is 2.30. The summed E-state index contributed by atoms with van der Waals surface area (Å²) in [4.78, 5) is 33.9. The zero-order valence-corrected chi connectivity index (χ0v) is 9.68. The van der Waals surface area contributed by atoms with Crippen LogP contribution in [0.3, 0.4) is 0 Å². The molecule has 0 aliphatic heterocycles. The number of carbonyl (C=O) groups excluding carboxylic acids is 3. The lowest BCUT2D eigenvalue weighted by Gasteiger charge is -2.27. The van der Waals surface area contributed by atoms with Gasteiger partial charge in [-0.3, -0.25) is 9.59 Å². The molecule has 0 aromatic rings. The van der Waals surface area contributed by atoms with Crippen LogP contribution < -0.4 is 0 Å². The van der Waals surface area contributed by atoms with Gasteiger partial charge in [0.2, 0.25) is 5.78 Å². The summed E-state index contributed by atoms with van der Waals surface area (Å²) in [5.41, 5.74) is 0.0670. The molecule has 0 fully saturated rings. The predicted octanol–water partition coefficient (Wildman–Crippen LogP) is 0.130. The number of rotatable bonds is 3. The minimum atomic E-state index is -1.79. The molecular weight excluding hydrogens is 228 g/mol. The van der Waals surface area contributed by atoms with Gasteiger partial charge in [-0.15, -0.1) is 0 Å². The molecule has 6 nitrogen and oxygen atoms in total. The molecular formula is C11H12O6. The smallest absolute Gasteiger partial charge is 0.337 e. The topological polar surface area (TPSA) is 78.9 Å². The summed E-state index contributed by atoms with van der Waals surface area (Å²) < 4.78 is 14.2. The Hall–Kier alpha value is -1.95. The monoisotopic (exact) mass is 240 g/mol. The predicted molar refractivity (Wildman–Crippen MR) is 55.8 cm³/mol. The maximum absolute atomic E-state index is 11.8. The van der Waals surface area contributed by atoms with E-state index in [1.165, 1.54) is 26.4 Å². The van der Waals surface area contributed by atoms with E-state index < -0.39 is 23.5 Å². The quantitative estimate of drug-likeness (QED) is 0.515. The molecule has 0 saturated carbocycles. The highest BCUT2D eigenvalue weighted by Crippen LogP contribution is 2.23. The van der Waals surface area contributed by atoms with E-state index in [1.54, 1.807) is 0 Å². The van der Waals surface area contributed by atoms with Crippen LogP contribution in [0.4, 0.5) is 0 Å². The van der Waals surface area contributed by atoms with E-state index in [4.69, 9.17) is 9.47 Å². The van der Waals surface area contributed by atoms with Gasteiger partial charge < -0.3 is 14.2 Å². The Morgan fingerprint density at radius 2 is 1.94 bits per heavy atom. The molecule has 1 aliphatic rings. The first-order chi connectivity index (χ1) is 7.95. The maximum Gasteiger partial charge on any atom is 0.337 e. The summed E-state index contributed by atoms with van der Waals surface area (Å²) >= 11 is 0. The van der Waals surface area contributed by atoms with Crippen LogP contribution in [0, 0.1) is 0 Å². The Morgan fingerprint density at radius 3 is 2.35 bits per heavy atom. The molecule has 0 N–H and O–H groups in total. The number of hydrogen-bond acceptors (Lipinski definition) is 6. The second-order valence-electron chi connectivity index (χ2n) is 3.25. The summed E-state index contributed by atoms with van der Waals surface area (Å²) in [6.07, 6.45) is 3.51. The van der Waals surface area contributed by atoms with Crippen molar-refractivity contribution in [3.8, 4) is 0 Å². The highest BCUT2D eigenvalue weighted by atomic mass is 16.7. The van der Waals surface area contributed by atoms with Crippen LogP contribution in [0.2, 0.25) is 0 Å². The average molecular weight is 240 g/mol. The molecule has 0 unspecified atom stereocenters. The van der Waals surface area contributed by atoms with Crippen LogP contribution in [0.25, 0.3) is 0 Å². The number of esters is 2. The molecule has 0 aromatic carbocycles. The van der Waals surface area contributed by atoms with E-state index in [9.17, 15) is 14.4 Å². The Kier molecular flexibility index (Phi) is 3.80. The van der Waals surface area contributed by atoms with Crippen molar-refractivity contribution in [2.45, 2.75) is 12.7 Å². The summed E-state index contributed by atoms with van der Waals surface area (Å²) in [7, 11) is 2.42. The zero-order chi connectivity index (χ0) is 13.1. The lowest BCUT2D eigenvalue weighted by molar-refractivity contribution is -0.198. The summed E-state index contributed by atoms with van der Waals surface area (Å²) in [5.74, 6) is -3.76. The molecule has 0 heterocycles. The summed E-state index contributed by atoms with van der Waals surface area (Å²) in [5, 5.41) is 0. The number of ketones is 1. The van der Waals surface area contributed by atoms with Gasteiger partial charge in [0.1, 0.15) is 0 Å². The van der Waals surface area contributed by atoms with Crippen LogP contribution in [0.1, 0.15) is 6.92 Å². The Labute approximate surface area is 97.8 Å². The second kappa shape index (κ2) is 4.92. The lowest BCUT2D eigenvalue weighted by atomic mass is 10.0. The highest BCUT2D eigenvalue weighted by molar-refractivity contribution is 6.07. The molecule has 92 valence electrons. The van der Waals surface area contributed by atoms with Crippen molar-refractivity contribution in [3.63, 3.8) is 0 Å². The molecule has 1 rings (SSSR count). The van der Waals surface area contributed by atoms with Gasteiger partial charge in [-0.2, -0.15) is 0 Å². The van der Waals surface area contributed by atoms with Gasteiger partial charge in [0.05, 0.1) is 12.7 Å². The fourth-order valence-corrected chi connectivity index (χ4v) is 1.32. The van der Waals surface area contributed by atoms with E-state index in [1.807, 2.05) is 0 Å². The Balaban J connectivity index is 3.01. The molecule has 0 saturated heterocycles. The molecule has 0 amide bonds. The van der Waals surface area contributed by atoms with Gasteiger partial charge >= 0.3 is 11.9 Å². The third-order valence-corrected chi connectivity index (χ3v) is 2.13. The highest BCUT2D eigenvalue weighted by Gasteiger charge is 2.41. The van der Waals surface area contributed by atoms with Gasteiger partial charge in [0, 0.05) is 20.1 Å². The van der Waals surface area contributed by atoms with Crippen LogP contribution >= 0.6 is 0 Å². The molecule has 0 spiro atoms. The van der Waals surface area contributed by atoms with Gasteiger partial charge in [0.25, 0.3) is 5.79 Å². The minimum Gasteiger partial charge on any atom is -0.465 e. The Bertz CT molecular complexity index is 420. The number of carbonyl (C=O) groups is 3. The van der Waals surface area contributed by atoms with Gasteiger partial charge in [-0.25, -0.2) is 4.79 Å². The molecule has 0 bridgehead atoms. The van der Waals surface area contributed by atoms with Crippen molar-refractivity contribution in [2.24, 2.45) is 0 Å². The van der Waals surface area contributed by atoms with E-state index in [0.29, 0.717) is 0 Å². The van der Waals surface area contributed by atoms with Crippen LogP contribution in [-0.2, 0) is 28.6 Å². The molecule has 6 heteroatoms. The Morgan fingerprint density at radius 1 is 1.29 bits per heavy atom. The van der Waals surface area contributed by atoms with E-state index in [2.05, 4.69) is 4.74 Å². The molecule has 0 radical (unpaired) electrons. The number of methoxy groups -OCH3 is 2. The van der Waals surface area contributed by atoms with Crippen molar-refractivity contribution < 1.29 is 28.6 Å². The minimum absolute atomic E-state index is 0.0670. The first kappa shape index (κ1) is 13.1. The van der Waals surface area contributed by atoms with Crippen LogP contribution in [0.15, 0.2) is 23.8 Å². The third kappa shape index (κ3) is 2.59. The first-order valence-electron chi connectivity index (χ1n) is 4.73. The normalized spacial score (nSPS) is 23.0. The fraction of sp³-hybridized carbons (Fsp3) is 0.364. The van der Waals surface area contributed by atoms with E-state index in [0.717, 1.165) is 13.0 Å². The van der Waals surface area contributed by atoms with Crippen molar-refractivity contribution in [1.82, 2.24) is 0 Å². The molecule has 1 aliphatic carbocycles. The molecule has 17 heavy (non-hydrogen) atoms. The number of ether oxygens (including phenoxy) is 3. The summed E-state index contributed by atoms with van der Waals surface area (Å²) in [6, 6.07) is 0. The zero-order valence-electron chi connectivity index (χ0n) is 9.68. The third-order valence-electron chi connectivity index (χ3n) is 2.13. The summed E-state index contributed by atoms with van der Waals surface area (Å²) in [6.45, 7) is 1.15. The SMILES string of the molecule is COC(=O)C1=CC(=O)[C@@](OC)(OC(C)=O)C=C1. The van der Waals surface area contributed by atoms with Gasteiger partial charge in [-0.05, 0) is 12.2 Å². The molecule has 0 aromatic heterocycles. The van der Waals surface area contributed by atoms with E-state index >= 15 is 0 Å². The van der Waals surface area contributed by atoms with E-state index in [-0.39, 0.29) is 5.57 Å². The second-order valence-corrected chi connectivity index (χ2v) is 3.25. The number of hydrogen-bond donors (Lipinski definition) is 0. The van der Waals surface area contributed by atoms with Crippen molar-refractivity contribution in [2.75, 3.05) is 14.2 Å². The van der Waals surface area contributed by atoms with Crippen molar-refractivity contribution >= 4 is 17.7 Å².